The van der Waals surface area contributed by atoms with Gasteiger partial charge in [-0.2, -0.15) is 0 Å². The lowest BCUT2D eigenvalue weighted by Gasteiger charge is -2.05. The maximum absolute atomic E-state index is 12.2. The van der Waals surface area contributed by atoms with Crippen LogP contribution in [0.4, 0.5) is 0 Å². The number of aromatic nitrogens is 1. The molecule has 3 rings (SSSR count). The lowest BCUT2D eigenvalue weighted by atomic mass is 10.1. The van der Waals surface area contributed by atoms with Gasteiger partial charge in [0.25, 0.3) is 0 Å². The summed E-state index contributed by atoms with van der Waals surface area (Å²) < 4.78 is 15.8. The van der Waals surface area contributed by atoms with Crippen LogP contribution in [0.5, 0.6) is 5.75 Å². The second kappa shape index (κ2) is 9.14. The van der Waals surface area contributed by atoms with Crippen LogP contribution in [0.15, 0.2) is 52.5 Å². The molecule has 0 saturated carbocycles. The Hall–Kier alpha value is -2.93. The molecule has 0 atom stereocenters. The van der Waals surface area contributed by atoms with Crippen LogP contribution in [-0.2, 0) is 16.1 Å². The van der Waals surface area contributed by atoms with E-state index in [-0.39, 0.29) is 25.2 Å². The molecule has 0 amide bonds. The van der Waals surface area contributed by atoms with Gasteiger partial charge in [0.15, 0.2) is 16.6 Å². The largest absolute Gasteiger partial charge is 0.494 e. The van der Waals surface area contributed by atoms with Crippen LogP contribution in [0.2, 0.25) is 0 Å². The first kappa shape index (κ1) is 18.8. The van der Waals surface area contributed by atoms with E-state index in [9.17, 15) is 9.59 Å². The summed E-state index contributed by atoms with van der Waals surface area (Å²) in [5.41, 5.74) is 1.20. The average Bonchev–Trinajstić information content (AvgIpc) is 3.37. The molecule has 2 heterocycles. The van der Waals surface area contributed by atoms with Gasteiger partial charge in [-0.25, -0.2) is 4.98 Å². The van der Waals surface area contributed by atoms with Crippen LogP contribution >= 0.6 is 11.3 Å². The predicted molar refractivity (Wildman–Crippen MR) is 101 cm³/mol. The summed E-state index contributed by atoms with van der Waals surface area (Å²) in [4.78, 5) is 28.4. The third-order valence-corrected chi connectivity index (χ3v) is 4.61. The molecule has 0 aliphatic rings. The second-order valence-corrected chi connectivity index (χ2v) is 6.52. The van der Waals surface area contributed by atoms with E-state index in [1.54, 1.807) is 36.6 Å². The van der Waals surface area contributed by atoms with Crippen LogP contribution in [0.3, 0.4) is 0 Å². The lowest BCUT2D eigenvalue weighted by molar-refractivity contribution is -0.145. The molecule has 6 nitrogen and oxygen atoms in total. The fraction of sp³-hybridized carbons (Fsp3) is 0.250. The number of hydrogen-bond acceptors (Lipinski definition) is 7. The van der Waals surface area contributed by atoms with Crippen molar-refractivity contribution in [3.05, 3.63) is 59.3 Å². The van der Waals surface area contributed by atoms with E-state index in [2.05, 4.69) is 4.98 Å². The highest BCUT2D eigenvalue weighted by molar-refractivity contribution is 7.13. The molecule has 2 aromatic heterocycles. The van der Waals surface area contributed by atoms with Crippen LogP contribution in [0.25, 0.3) is 10.8 Å². The summed E-state index contributed by atoms with van der Waals surface area (Å²) in [5, 5.41) is 2.55. The second-order valence-electron chi connectivity index (χ2n) is 5.66. The lowest BCUT2D eigenvalue weighted by Crippen LogP contribution is -2.08. The number of rotatable bonds is 9. The van der Waals surface area contributed by atoms with Gasteiger partial charge in [-0.05, 0) is 43.3 Å². The molecule has 1 aromatic carbocycles. The van der Waals surface area contributed by atoms with Crippen molar-refractivity contribution in [1.82, 2.24) is 4.98 Å². The number of Topliss-reactive ketones (excluding diaryl/α,β-unsaturated/α-hetero) is 1. The van der Waals surface area contributed by atoms with E-state index in [0.717, 1.165) is 5.01 Å². The van der Waals surface area contributed by atoms with Crippen molar-refractivity contribution < 1.29 is 23.5 Å². The van der Waals surface area contributed by atoms with Crippen molar-refractivity contribution in [2.45, 2.75) is 26.4 Å². The maximum Gasteiger partial charge on any atom is 0.306 e. The third kappa shape index (κ3) is 5.27. The first-order chi connectivity index (χ1) is 13.2. The molecular formula is C20H19NO5S. The van der Waals surface area contributed by atoms with E-state index in [1.165, 1.54) is 11.3 Å². The molecule has 0 spiro atoms. The summed E-state index contributed by atoms with van der Waals surface area (Å²) >= 11 is 1.42. The van der Waals surface area contributed by atoms with Gasteiger partial charge < -0.3 is 13.9 Å². The van der Waals surface area contributed by atoms with Gasteiger partial charge in [0.05, 0.1) is 25.0 Å². The average molecular weight is 385 g/mol. The van der Waals surface area contributed by atoms with E-state index < -0.39 is 5.97 Å². The SMILES string of the molecule is CCOc1ccc(C(=O)CCC(=O)OCc2csc(-c3ccco3)n2)cc1. The minimum Gasteiger partial charge on any atom is -0.494 e. The Kier molecular flexibility index (Phi) is 6.38. The molecule has 0 unspecified atom stereocenters. The summed E-state index contributed by atoms with van der Waals surface area (Å²) in [5.74, 6) is 0.856. The fourth-order valence-electron chi connectivity index (χ4n) is 2.38. The molecule has 0 aliphatic carbocycles. The van der Waals surface area contributed by atoms with Crippen molar-refractivity contribution in [3.63, 3.8) is 0 Å². The Balaban J connectivity index is 1.43. The van der Waals surface area contributed by atoms with Crippen LogP contribution < -0.4 is 4.74 Å². The fourth-order valence-corrected chi connectivity index (χ4v) is 3.15. The Labute approximate surface area is 160 Å². The van der Waals surface area contributed by atoms with E-state index >= 15 is 0 Å². The zero-order valence-electron chi connectivity index (χ0n) is 14.8. The molecule has 140 valence electrons. The van der Waals surface area contributed by atoms with Crippen LogP contribution in [0, 0.1) is 0 Å². The van der Waals surface area contributed by atoms with Crippen molar-refractivity contribution >= 4 is 23.1 Å². The molecular weight excluding hydrogens is 366 g/mol. The maximum atomic E-state index is 12.2. The van der Waals surface area contributed by atoms with Gasteiger partial charge in [-0.3, -0.25) is 9.59 Å². The molecule has 27 heavy (non-hydrogen) atoms. The highest BCUT2D eigenvalue weighted by Gasteiger charge is 2.12. The number of benzene rings is 1. The van der Waals surface area contributed by atoms with Gasteiger partial charge in [0.2, 0.25) is 0 Å². The molecule has 0 N–H and O–H groups in total. The standard InChI is InChI=1S/C20H19NO5S/c1-2-24-16-7-5-14(6-8-16)17(22)9-10-19(23)26-12-15-13-27-20(21-15)18-4-3-11-25-18/h3-8,11,13H,2,9-10,12H2,1H3. The number of esters is 1. The van der Waals surface area contributed by atoms with Crippen molar-refractivity contribution in [2.24, 2.45) is 0 Å². The minimum atomic E-state index is -0.429. The van der Waals surface area contributed by atoms with Crippen molar-refractivity contribution in [2.75, 3.05) is 6.61 Å². The topological polar surface area (TPSA) is 78.6 Å². The Morgan fingerprint density at radius 1 is 1.15 bits per heavy atom. The smallest absolute Gasteiger partial charge is 0.306 e. The van der Waals surface area contributed by atoms with E-state index in [4.69, 9.17) is 13.9 Å². The monoisotopic (exact) mass is 385 g/mol. The summed E-state index contributed by atoms with van der Waals surface area (Å²) in [6.45, 7) is 2.54. The Morgan fingerprint density at radius 3 is 2.67 bits per heavy atom. The van der Waals surface area contributed by atoms with Crippen LogP contribution in [0.1, 0.15) is 35.8 Å². The first-order valence-electron chi connectivity index (χ1n) is 8.55. The van der Waals surface area contributed by atoms with E-state index in [1.807, 2.05) is 18.4 Å². The summed E-state index contributed by atoms with van der Waals surface area (Å²) in [6, 6.07) is 10.5. The zero-order valence-corrected chi connectivity index (χ0v) is 15.7. The molecule has 0 saturated heterocycles. The highest BCUT2D eigenvalue weighted by Crippen LogP contribution is 2.24. The predicted octanol–water partition coefficient (Wildman–Crippen LogP) is 4.51. The molecule has 7 heteroatoms. The van der Waals surface area contributed by atoms with E-state index in [0.29, 0.717) is 29.4 Å². The number of furan rings is 1. The molecule has 0 fully saturated rings. The number of nitrogens with zero attached hydrogens (tertiary/aromatic N) is 1. The summed E-state index contributed by atoms with van der Waals surface area (Å²) in [7, 11) is 0. The summed E-state index contributed by atoms with van der Waals surface area (Å²) in [6.07, 6.45) is 1.71. The van der Waals surface area contributed by atoms with Gasteiger partial charge in [-0.1, -0.05) is 0 Å². The number of ether oxygens (including phenoxy) is 2. The van der Waals surface area contributed by atoms with Crippen molar-refractivity contribution in [1.29, 1.82) is 0 Å². The number of carbonyl (C=O) groups is 2. The number of ketones is 1. The van der Waals surface area contributed by atoms with Crippen LogP contribution in [-0.4, -0.2) is 23.3 Å². The number of carbonyl (C=O) groups excluding carboxylic acids is 2. The first-order valence-corrected chi connectivity index (χ1v) is 9.43. The minimum absolute atomic E-state index is 0.0290. The van der Waals surface area contributed by atoms with Gasteiger partial charge >= 0.3 is 5.97 Å². The van der Waals surface area contributed by atoms with Gasteiger partial charge in [0.1, 0.15) is 12.4 Å². The highest BCUT2D eigenvalue weighted by atomic mass is 32.1. The molecule has 0 aliphatic heterocycles. The Morgan fingerprint density at radius 2 is 1.96 bits per heavy atom. The van der Waals surface area contributed by atoms with Gasteiger partial charge in [-0.15, -0.1) is 11.3 Å². The third-order valence-electron chi connectivity index (χ3n) is 3.71. The number of hydrogen-bond donors (Lipinski definition) is 0. The molecule has 3 aromatic rings. The normalized spacial score (nSPS) is 10.6. The molecule has 0 bridgehead atoms. The number of thiazole rings is 1. The quantitative estimate of drug-likeness (QED) is 0.398. The molecule has 0 radical (unpaired) electrons. The zero-order chi connectivity index (χ0) is 19.1. The van der Waals surface area contributed by atoms with Crippen molar-refractivity contribution in [3.8, 4) is 16.5 Å². The van der Waals surface area contributed by atoms with Gasteiger partial charge in [0, 0.05) is 17.4 Å². The Bertz CT molecular complexity index is 884.